The van der Waals surface area contributed by atoms with Gasteiger partial charge in [-0.2, -0.15) is 0 Å². The summed E-state index contributed by atoms with van der Waals surface area (Å²) >= 11 is 0. The quantitative estimate of drug-likeness (QED) is 0.759. The van der Waals surface area contributed by atoms with Crippen LogP contribution in [0.4, 0.5) is 0 Å². The molecular formula is C12H24N2O2. The third-order valence-corrected chi connectivity index (χ3v) is 2.94. The number of nitrogens with one attached hydrogen (secondary N) is 1. The van der Waals surface area contributed by atoms with E-state index in [1.54, 1.807) is 0 Å². The Morgan fingerprint density at radius 1 is 1.38 bits per heavy atom. The first-order chi connectivity index (χ1) is 7.37. The van der Waals surface area contributed by atoms with Crippen LogP contribution in [0.15, 0.2) is 0 Å². The number of hydrogen-bond donors (Lipinski definition) is 2. The Labute approximate surface area is 97.9 Å². The SMILES string of the molecule is CC(C)(C)CC(=O)NC1(CN)CCOCC1. The largest absolute Gasteiger partial charge is 0.381 e. The summed E-state index contributed by atoms with van der Waals surface area (Å²) in [6.07, 6.45) is 2.17. The molecule has 0 aromatic carbocycles. The van der Waals surface area contributed by atoms with Gasteiger partial charge in [0.05, 0.1) is 5.54 Å². The summed E-state index contributed by atoms with van der Waals surface area (Å²) in [5.41, 5.74) is 5.56. The average Bonchev–Trinajstić information content (AvgIpc) is 2.16. The molecule has 0 atom stereocenters. The molecule has 1 fully saturated rings. The molecule has 0 spiro atoms. The monoisotopic (exact) mass is 228 g/mol. The van der Waals surface area contributed by atoms with Gasteiger partial charge in [-0.1, -0.05) is 20.8 Å². The molecule has 1 aliphatic rings. The van der Waals surface area contributed by atoms with E-state index < -0.39 is 0 Å². The van der Waals surface area contributed by atoms with Gasteiger partial charge in [0.25, 0.3) is 0 Å². The zero-order valence-corrected chi connectivity index (χ0v) is 10.6. The molecular weight excluding hydrogens is 204 g/mol. The van der Waals surface area contributed by atoms with Gasteiger partial charge < -0.3 is 15.8 Å². The smallest absolute Gasteiger partial charge is 0.220 e. The number of hydrogen-bond acceptors (Lipinski definition) is 3. The summed E-state index contributed by atoms with van der Waals surface area (Å²) in [6, 6.07) is 0. The van der Waals surface area contributed by atoms with Crippen LogP contribution in [0.1, 0.15) is 40.0 Å². The standard InChI is InChI=1S/C12H24N2O2/c1-11(2,3)8-10(15)14-12(9-13)4-6-16-7-5-12/h4-9,13H2,1-3H3,(H,14,15). The highest BCUT2D eigenvalue weighted by atomic mass is 16.5. The van der Waals surface area contributed by atoms with Crippen LogP contribution >= 0.6 is 0 Å². The van der Waals surface area contributed by atoms with Crippen LogP contribution in [-0.4, -0.2) is 31.2 Å². The fourth-order valence-corrected chi connectivity index (χ4v) is 1.96. The van der Waals surface area contributed by atoms with Gasteiger partial charge in [0.1, 0.15) is 0 Å². The topological polar surface area (TPSA) is 64.4 Å². The molecule has 1 saturated heterocycles. The van der Waals surface area contributed by atoms with E-state index in [1.807, 2.05) is 0 Å². The van der Waals surface area contributed by atoms with E-state index in [0.717, 1.165) is 12.8 Å². The Kier molecular flexibility index (Phi) is 4.33. The molecule has 16 heavy (non-hydrogen) atoms. The Hall–Kier alpha value is -0.610. The van der Waals surface area contributed by atoms with Crippen molar-refractivity contribution in [3.05, 3.63) is 0 Å². The van der Waals surface area contributed by atoms with E-state index in [2.05, 4.69) is 26.1 Å². The number of nitrogens with two attached hydrogens (primary N) is 1. The Balaban J connectivity index is 2.52. The lowest BCUT2D eigenvalue weighted by Gasteiger charge is -2.37. The highest BCUT2D eigenvalue weighted by molar-refractivity contribution is 5.77. The zero-order chi connectivity index (χ0) is 12.2. The lowest BCUT2D eigenvalue weighted by molar-refractivity contribution is -0.125. The minimum absolute atomic E-state index is 0.0189. The van der Waals surface area contributed by atoms with Gasteiger partial charge in [-0.3, -0.25) is 4.79 Å². The van der Waals surface area contributed by atoms with E-state index in [1.165, 1.54) is 0 Å². The van der Waals surface area contributed by atoms with Crippen molar-refractivity contribution < 1.29 is 9.53 Å². The first kappa shape index (κ1) is 13.5. The second kappa shape index (κ2) is 5.15. The zero-order valence-electron chi connectivity index (χ0n) is 10.6. The molecule has 4 heteroatoms. The lowest BCUT2D eigenvalue weighted by atomic mass is 9.87. The highest BCUT2D eigenvalue weighted by Gasteiger charge is 2.33. The predicted octanol–water partition coefficient (Wildman–Crippen LogP) is 1.05. The van der Waals surface area contributed by atoms with Crippen LogP contribution < -0.4 is 11.1 Å². The summed E-state index contributed by atoms with van der Waals surface area (Å²) in [5.74, 6) is 0.0971. The van der Waals surface area contributed by atoms with E-state index in [-0.39, 0.29) is 16.9 Å². The van der Waals surface area contributed by atoms with Crippen LogP contribution in [-0.2, 0) is 9.53 Å². The molecule has 0 bridgehead atoms. The Morgan fingerprint density at radius 2 is 1.94 bits per heavy atom. The van der Waals surface area contributed by atoms with Crippen molar-refractivity contribution in [3.8, 4) is 0 Å². The van der Waals surface area contributed by atoms with E-state index >= 15 is 0 Å². The average molecular weight is 228 g/mol. The third-order valence-electron chi connectivity index (χ3n) is 2.94. The number of ether oxygens (including phenoxy) is 1. The molecule has 1 rings (SSSR count). The maximum atomic E-state index is 11.9. The minimum Gasteiger partial charge on any atom is -0.381 e. The number of carbonyl (C=O) groups excluding carboxylic acids is 1. The summed E-state index contributed by atoms with van der Waals surface area (Å²) in [6.45, 7) is 8.05. The van der Waals surface area contributed by atoms with Gasteiger partial charge in [-0.25, -0.2) is 0 Å². The molecule has 1 aliphatic heterocycles. The van der Waals surface area contributed by atoms with E-state index in [0.29, 0.717) is 26.2 Å². The Morgan fingerprint density at radius 3 is 2.38 bits per heavy atom. The fourth-order valence-electron chi connectivity index (χ4n) is 1.96. The molecule has 0 unspecified atom stereocenters. The fraction of sp³-hybridized carbons (Fsp3) is 0.917. The molecule has 3 N–H and O–H groups in total. The van der Waals surface area contributed by atoms with Crippen LogP contribution in [0.25, 0.3) is 0 Å². The maximum absolute atomic E-state index is 11.9. The second-order valence-electron chi connectivity index (χ2n) is 5.88. The normalized spacial score (nSPS) is 20.5. The molecule has 0 aromatic heterocycles. The van der Waals surface area contributed by atoms with E-state index in [4.69, 9.17) is 10.5 Å². The van der Waals surface area contributed by atoms with Crippen LogP contribution in [0.5, 0.6) is 0 Å². The van der Waals surface area contributed by atoms with Crippen molar-refractivity contribution in [2.45, 2.75) is 45.6 Å². The van der Waals surface area contributed by atoms with Gasteiger partial charge in [-0.15, -0.1) is 0 Å². The van der Waals surface area contributed by atoms with E-state index in [9.17, 15) is 4.79 Å². The summed E-state index contributed by atoms with van der Waals surface area (Å²) in [7, 11) is 0. The second-order valence-corrected chi connectivity index (χ2v) is 5.88. The van der Waals surface area contributed by atoms with Gasteiger partial charge in [0.15, 0.2) is 0 Å². The number of rotatable bonds is 3. The Bertz CT molecular complexity index is 240. The maximum Gasteiger partial charge on any atom is 0.220 e. The van der Waals surface area contributed by atoms with Crippen LogP contribution in [0, 0.1) is 5.41 Å². The molecule has 1 amide bonds. The predicted molar refractivity (Wildman–Crippen MR) is 64.1 cm³/mol. The van der Waals surface area contributed by atoms with Crippen molar-refractivity contribution in [2.75, 3.05) is 19.8 Å². The highest BCUT2D eigenvalue weighted by Crippen LogP contribution is 2.22. The molecule has 94 valence electrons. The molecule has 0 aromatic rings. The number of amides is 1. The van der Waals surface area contributed by atoms with Gasteiger partial charge in [0, 0.05) is 26.2 Å². The van der Waals surface area contributed by atoms with Crippen LogP contribution in [0.2, 0.25) is 0 Å². The first-order valence-corrected chi connectivity index (χ1v) is 5.96. The summed E-state index contributed by atoms with van der Waals surface area (Å²) in [4.78, 5) is 11.9. The first-order valence-electron chi connectivity index (χ1n) is 5.96. The van der Waals surface area contributed by atoms with Gasteiger partial charge in [-0.05, 0) is 18.3 Å². The van der Waals surface area contributed by atoms with Crippen molar-refractivity contribution in [1.29, 1.82) is 0 Å². The van der Waals surface area contributed by atoms with Crippen molar-refractivity contribution in [2.24, 2.45) is 11.1 Å². The van der Waals surface area contributed by atoms with Crippen molar-refractivity contribution in [3.63, 3.8) is 0 Å². The lowest BCUT2D eigenvalue weighted by Crippen LogP contribution is -2.57. The van der Waals surface area contributed by atoms with Gasteiger partial charge in [0.2, 0.25) is 5.91 Å². The molecule has 4 nitrogen and oxygen atoms in total. The van der Waals surface area contributed by atoms with Crippen molar-refractivity contribution in [1.82, 2.24) is 5.32 Å². The van der Waals surface area contributed by atoms with Crippen LogP contribution in [0.3, 0.4) is 0 Å². The van der Waals surface area contributed by atoms with Gasteiger partial charge >= 0.3 is 0 Å². The molecule has 0 aliphatic carbocycles. The number of carbonyl (C=O) groups is 1. The molecule has 0 saturated carbocycles. The summed E-state index contributed by atoms with van der Waals surface area (Å²) < 4.78 is 5.30. The van der Waals surface area contributed by atoms with Crippen molar-refractivity contribution >= 4 is 5.91 Å². The molecule has 1 heterocycles. The molecule has 0 radical (unpaired) electrons. The minimum atomic E-state index is -0.236. The third kappa shape index (κ3) is 4.10. The summed E-state index contributed by atoms with van der Waals surface area (Å²) in [5, 5.41) is 3.09.